The van der Waals surface area contributed by atoms with Crippen molar-refractivity contribution >= 4 is 5.97 Å². The van der Waals surface area contributed by atoms with Crippen molar-refractivity contribution in [2.75, 3.05) is 26.7 Å². The molecule has 0 radical (unpaired) electrons. The minimum atomic E-state index is -0.446. The summed E-state index contributed by atoms with van der Waals surface area (Å²) in [5, 5.41) is 3.45. The molecule has 4 heteroatoms. The molecular formula is C17H34N2O2. The van der Waals surface area contributed by atoms with Crippen molar-refractivity contribution in [3.8, 4) is 0 Å². The quantitative estimate of drug-likeness (QED) is 0.665. The second kappa shape index (κ2) is 8.74. The van der Waals surface area contributed by atoms with Crippen molar-refractivity contribution in [2.24, 2.45) is 5.92 Å². The zero-order valence-electron chi connectivity index (χ0n) is 14.6. The molecular weight excluding hydrogens is 264 g/mol. The summed E-state index contributed by atoms with van der Waals surface area (Å²) < 4.78 is 5.11. The number of rotatable bonds is 9. The molecule has 0 aromatic carbocycles. The van der Waals surface area contributed by atoms with Gasteiger partial charge in [0.05, 0.1) is 7.11 Å². The smallest absolute Gasteiger partial charge is 0.326 e. The highest BCUT2D eigenvalue weighted by Gasteiger charge is 2.49. The molecule has 1 aliphatic carbocycles. The zero-order valence-corrected chi connectivity index (χ0v) is 14.6. The molecule has 0 bridgehead atoms. The molecule has 0 heterocycles. The maximum absolute atomic E-state index is 12.3. The summed E-state index contributed by atoms with van der Waals surface area (Å²) in [6, 6.07) is 0.568. The van der Waals surface area contributed by atoms with Crippen LogP contribution in [0.25, 0.3) is 0 Å². The lowest BCUT2D eigenvalue weighted by Crippen LogP contribution is -2.55. The summed E-state index contributed by atoms with van der Waals surface area (Å²) in [6.45, 7) is 11.8. The van der Waals surface area contributed by atoms with Crippen LogP contribution in [0.5, 0.6) is 0 Å². The second-order valence-corrected chi connectivity index (χ2v) is 6.50. The van der Waals surface area contributed by atoms with Gasteiger partial charge in [0.2, 0.25) is 0 Å². The Labute approximate surface area is 130 Å². The normalized spacial score (nSPS) is 25.8. The van der Waals surface area contributed by atoms with Gasteiger partial charge in [-0.2, -0.15) is 0 Å². The van der Waals surface area contributed by atoms with Gasteiger partial charge >= 0.3 is 5.97 Å². The molecule has 4 nitrogen and oxygen atoms in total. The number of methoxy groups -OCH3 is 1. The van der Waals surface area contributed by atoms with Crippen LogP contribution >= 0.6 is 0 Å². The van der Waals surface area contributed by atoms with Crippen LogP contribution in [0.15, 0.2) is 0 Å². The lowest BCUT2D eigenvalue weighted by Gasteiger charge is -2.35. The van der Waals surface area contributed by atoms with Gasteiger partial charge in [0.1, 0.15) is 5.54 Å². The van der Waals surface area contributed by atoms with Crippen molar-refractivity contribution in [1.29, 1.82) is 0 Å². The van der Waals surface area contributed by atoms with E-state index in [-0.39, 0.29) is 5.97 Å². The fourth-order valence-electron chi connectivity index (χ4n) is 3.78. The molecule has 0 spiro atoms. The van der Waals surface area contributed by atoms with Gasteiger partial charge in [0.15, 0.2) is 0 Å². The summed E-state index contributed by atoms with van der Waals surface area (Å²) in [7, 11) is 1.51. The number of carbonyl (C=O) groups is 1. The molecule has 124 valence electrons. The largest absolute Gasteiger partial charge is 0.468 e. The number of carbonyl (C=O) groups excluding carboxylic acids is 1. The number of esters is 1. The monoisotopic (exact) mass is 298 g/mol. The molecule has 1 N–H and O–H groups in total. The Morgan fingerprint density at radius 2 is 2.10 bits per heavy atom. The highest BCUT2D eigenvalue weighted by atomic mass is 16.5. The van der Waals surface area contributed by atoms with E-state index in [1.807, 2.05) is 0 Å². The minimum Gasteiger partial charge on any atom is -0.468 e. The van der Waals surface area contributed by atoms with Gasteiger partial charge in [-0.05, 0) is 65.1 Å². The van der Waals surface area contributed by atoms with Gasteiger partial charge in [-0.25, -0.2) is 0 Å². The number of ether oxygens (including phenoxy) is 1. The number of nitrogens with one attached hydrogen (secondary N) is 1. The van der Waals surface area contributed by atoms with E-state index >= 15 is 0 Å². The van der Waals surface area contributed by atoms with Crippen molar-refractivity contribution in [1.82, 2.24) is 10.2 Å². The molecule has 0 amide bonds. The van der Waals surface area contributed by atoms with Crippen molar-refractivity contribution in [2.45, 2.75) is 71.4 Å². The van der Waals surface area contributed by atoms with Crippen LogP contribution in [0.4, 0.5) is 0 Å². The van der Waals surface area contributed by atoms with E-state index in [0.29, 0.717) is 12.0 Å². The van der Waals surface area contributed by atoms with E-state index in [4.69, 9.17) is 4.74 Å². The summed E-state index contributed by atoms with van der Waals surface area (Å²) in [5.41, 5.74) is -0.446. The summed E-state index contributed by atoms with van der Waals surface area (Å²) in [6.07, 6.45) is 5.40. The second-order valence-electron chi connectivity index (χ2n) is 6.50. The molecule has 1 aliphatic rings. The maximum Gasteiger partial charge on any atom is 0.326 e. The first-order valence-electron chi connectivity index (χ1n) is 8.59. The van der Waals surface area contributed by atoms with E-state index < -0.39 is 5.54 Å². The Hall–Kier alpha value is -0.610. The Morgan fingerprint density at radius 1 is 1.38 bits per heavy atom. The van der Waals surface area contributed by atoms with Crippen molar-refractivity contribution in [3.05, 3.63) is 0 Å². The third-order valence-corrected chi connectivity index (χ3v) is 4.87. The third-order valence-electron chi connectivity index (χ3n) is 4.87. The molecule has 1 saturated carbocycles. The Kier molecular flexibility index (Phi) is 7.67. The van der Waals surface area contributed by atoms with Crippen LogP contribution in [0.3, 0.4) is 0 Å². The van der Waals surface area contributed by atoms with Gasteiger partial charge in [0, 0.05) is 6.04 Å². The molecule has 21 heavy (non-hydrogen) atoms. The number of likely N-dealkylation sites (N-methyl/N-ethyl adjacent to an activating group) is 1. The molecule has 0 aromatic heterocycles. The standard InChI is InChI=1S/C17H34N2O2/c1-6-12-19(14(3)4)13-10-15-9-8-11-17(15,18-7-2)16(20)21-5/h14-15,18H,6-13H2,1-5H3. The summed E-state index contributed by atoms with van der Waals surface area (Å²) in [5.74, 6) is 0.321. The highest BCUT2D eigenvalue weighted by molar-refractivity contribution is 5.81. The molecule has 0 aromatic rings. The first kappa shape index (κ1) is 18.4. The van der Waals surface area contributed by atoms with Crippen molar-refractivity contribution in [3.63, 3.8) is 0 Å². The fourth-order valence-corrected chi connectivity index (χ4v) is 3.78. The minimum absolute atomic E-state index is 0.0709. The van der Waals surface area contributed by atoms with Gasteiger partial charge in [-0.3, -0.25) is 4.79 Å². The van der Waals surface area contributed by atoms with E-state index in [2.05, 4.69) is 37.9 Å². The Morgan fingerprint density at radius 3 is 2.62 bits per heavy atom. The summed E-state index contributed by atoms with van der Waals surface area (Å²) >= 11 is 0. The van der Waals surface area contributed by atoms with E-state index in [9.17, 15) is 4.79 Å². The fraction of sp³-hybridized carbons (Fsp3) is 0.941. The van der Waals surface area contributed by atoms with Crippen LogP contribution in [-0.2, 0) is 9.53 Å². The highest BCUT2D eigenvalue weighted by Crippen LogP contribution is 2.39. The van der Waals surface area contributed by atoms with Crippen LogP contribution in [0, 0.1) is 5.92 Å². The predicted molar refractivity (Wildman–Crippen MR) is 87.4 cm³/mol. The predicted octanol–water partition coefficient (Wildman–Crippen LogP) is 2.82. The Bertz CT molecular complexity index is 320. The first-order chi connectivity index (χ1) is 10.0. The first-order valence-corrected chi connectivity index (χ1v) is 8.59. The van der Waals surface area contributed by atoms with Crippen LogP contribution in [0.2, 0.25) is 0 Å². The molecule has 2 unspecified atom stereocenters. The lowest BCUT2D eigenvalue weighted by molar-refractivity contribution is -0.150. The van der Waals surface area contributed by atoms with E-state index in [1.54, 1.807) is 0 Å². The van der Waals surface area contributed by atoms with Gasteiger partial charge in [-0.15, -0.1) is 0 Å². The molecule has 0 saturated heterocycles. The number of nitrogens with zero attached hydrogens (tertiary/aromatic N) is 1. The molecule has 1 rings (SSSR count). The van der Waals surface area contributed by atoms with E-state index in [0.717, 1.165) is 45.3 Å². The third kappa shape index (κ3) is 4.43. The SMILES string of the molecule is CCCN(CCC1CCCC1(NCC)C(=O)OC)C(C)C. The van der Waals surface area contributed by atoms with Gasteiger partial charge in [-0.1, -0.05) is 20.3 Å². The zero-order chi connectivity index (χ0) is 15.9. The number of hydrogen-bond donors (Lipinski definition) is 1. The topological polar surface area (TPSA) is 41.6 Å². The van der Waals surface area contributed by atoms with Crippen molar-refractivity contribution < 1.29 is 9.53 Å². The maximum atomic E-state index is 12.3. The molecule has 0 aliphatic heterocycles. The average molecular weight is 298 g/mol. The van der Waals surface area contributed by atoms with E-state index in [1.165, 1.54) is 13.5 Å². The molecule has 1 fully saturated rings. The Balaban J connectivity index is 2.72. The molecule has 2 atom stereocenters. The van der Waals surface area contributed by atoms with Crippen LogP contribution < -0.4 is 5.32 Å². The number of hydrogen-bond acceptors (Lipinski definition) is 4. The average Bonchev–Trinajstić information content (AvgIpc) is 2.86. The summed E-state index contributed by atoms with van der Waals surface area (Å²) in [4.78, 5) is 14.9. The lowest BCUT2D eigenvalue weighted by atomic mass is 9.84. The van der Waals surface area contributed by atoms with Crippen LogP contribution in [-0.4, -0.2) is 49.2 Å². The van der Waals surface area contributed by atoms with Gasteiger partial charge in [0.25, 0.3) is 0 Å². The van der Waals surface area contributed by atoms with Gasteiger partial charge < -0.3 is 15.0 Å². The van der Waals surface area contributed by atoms with Crippen LogP contribution in [0.1, 0.15) is 59.8 Å².